The van der Waals surface area contributed by atoms with E-state index in [1.54, 1.807) is 0 Å². The molecule has 134 valence electrons. The van der Waals surface area contributed by atoms with Crippen molar-refractivity contribution in [1.82, 2.24) is 14.9 Å². The highest BCUT2D eigenvalue weighted by Crippen LogP contribution is 2.34. The van der Waals surface area contributed by atoms with Crippen LogP contribution in [-0.4, -0.2) is 33.2 Å². The number of nitrogens with one attached hydrogen (secondary N) is 2. The van der Waals surface area contributed by atoms with Crippen molar-refractivity contribution in [1.29, 1.82) is 0 Å². The van der Waals surface area contributed by atoms with Gasteiger partial charge in [-0.1, -0.05) is 36.4 Å². The molecule has 0 aliphatic carbocycles. The molecule has 0 saturated carbocycles. The minimum atomic E-state index is -0.392. The van der Waals surface area contributed by atoms with Gasteiger partial charge >= 0.3 is 0 Å². The van der Waals surface area contributed by atoms with Gasteiger partial charge in [0.25, 0.3) is 0 Å². The Kier molecular flexibility index (Phi) is 3.60. The van der Waals surface area contributed by atoms with Crippen LogP contribution in [0.15, 0.2) is 60.9 Å². The highest BCUT2D eigenvalue weighted by atomic mass is 16.2. The molecule has 1 atom stereocenters. The van der Waals surface area contributed by atoms with Gasteiger partial charge in [0.1, 0.15) is 0 Å². The molecule has 5 rings (SSSR count). The van der Waals surface area contributed by atoms with E-state index in [0.29, 0.717) is 13.0 Å². The van der Waals surface area contributed by atoms with Gasteiger partial charge in [0, 0.05) is 47.2 Å². The normalized spacial score (nSPS) is 17.5. The molecule has 1 aliphatic heterocycles. The minimum Gasteiger partial charge on any atom is -0.361 e. The molecule has 0 spiro atoms. The van der Waals surface area contributed by atoms with Gasteiger partial charge in [0.15, 0.2) is 0 Å². The lowest BCUT2D eigenvalue weighted by Gasteiger charge is -2.14. The summed E-state index contributed by atoms with van der Waals surface area (Å²) >= 11 is 0. The van der Waals surface area contributed by atoms with Crippen LogP contribution in [-0.2, 0) is 16.0 Å². The maximum absolute atomic E-state index is 13.0. The molecule has 0 radical (unpaired) electrons. The number of imide groups is 1. The van der Waals surface area contributed by atoms with Crippen LogP contribution in [0.4, 0.5) is 0 Å². The van der Waals surface area contributed by atoms with E-state index in [2.05, 4.69) is 16.0 Å². The molecule has 1 fully saturated rings. The van der Waals surface area contributed by atoms with Crippen molar-refractivity contribution < 1.29 is 9.59 Å². The molecule has 2 N–H and O–H groups in total. The Morgan fingerprint density at radius 1 is 0.889 bits per heavy atom. The zero-order valence-electron chi connectivity index (χ0n) is 14.7. The molecule has 4 aromatic rings. The number of carbonyl (C=O) groups excluding carboxylic acids is 2. The van der Waals surface area contributed by atoms with Gasteiger partial charge in [0.2, 0.25) is 11.8 Å². The molecule has 2 amide bonds. The van der Waals surface area contributed by atoms with Gasteiger partial charge in [-0.15, -0.1) is 0 Å². The molecule has 0 unspecified atom stereocenters. The van der Waals surface area contributed by atoms with Gasteiger partial charge in [-0.05, 0) is 29.7 Å². The van der Waals surface area contributed by atoms with E-state index in [1.165, 1.54) is 4.90 Å². The lowest BCUT2D eigenvalue weighted by molar-refractivity contribution is -0.138. The Bertz CT molecular complexity index is 1170. The molecule has 1 aliphatic rings. The molecule has 2 aromatic heterocycles. The second-order valence-electron chi connectivity index (χ2n) is 7.04. The van der Waals surface area contributed by atoms with Crippen molar-refractivity contribution in [3.05, 3.63) is 72.1 Å². The number of aromatic nitrogens is 2. The van der Waals surface area contributed by atoms with Crippen LogP contribution in [0.25, 0.3) is 21.8 Å². The molecular formula is C22H19N3O2. The highest BCUT2D eigenvalue weighted by Gasteiger charge is 2.40. The fraction of sp³-hybridized carbons (Fsp3) is 0.182. The van der Waals surface area contributed by atoms with Crippen LogP contribution in [0.1, 0.15) is 23.5 Å². The third kappa shape index (κ3) is 2.54. The number of hydrogen-bond acceptors (Lipinski definition) is 2. The van der Waals surface area contributed by atoms with E-state index in [-0.39, 0.29) is 18.2 Å². The number of nitrogens with zero attached hydrogens (tertiary/aromatic N) is 1. The van der Waals surface area contributed by atoms with Crippen LogP contribution in [0.5, 0.6) is 0 Å². The Hall–Kier alpha value is -3.34. The van der Waals surface area contributed by atoms with Crippen molar-refractivity contribution in [2.75, 3.05) is 6.54 Å². The molecule has 5 nitrogen and oxygen atoms in total. The Morgan fingerprint density at radius 2 is 1.56 bits per heavy atom. The van der Waals surface area contributed by atoms with Gasteiger partial charge in [-0.3, -0.25) is 14.5 Å². The summed E-state index contributed by atoms with van der Waals surface area (Å²) in [6, 6.07) is 16.0. The Morgan fingerprint density at radius 3 is 2.37 bits per heavy atom. The van der Waals surface area contributed by atoms with Crippen molar-refractivity contribution in [2.45, 2.75) is 18.8 Å². The minimum absolute atomic E-state index is 0.0878. The number of fused-ring (bicyclic) bond motifs is 2. The van der Waals surface area contributed by atoms with Crippen LogP contribution < -0.4 is 0 Å². The first-order valence-corrected chi connectivity index (χ1v) is 9.17. The van der Waals surface area contributed by atoms with E-state index in [1.807, 2.05) is 54.9 Å². The molecule has 27 heavy (non-hydrogen) atoms. The largest absolute Gasteiger partial charge is 0.361 e. The van der Waals surface area contributed by atoms with Crippen LogP contribution >= 0.6 is 0 Å². The summed E-state index contributed by atoms with van der Waals surface area (Å²) in [5, 5.41) is 2.16. The molecule has 1 saturated heterocycles. The van der Waals surface area contributed by atoms with E-state index < -0.39 is 5.92 Å². The van der Waals surface area contributed by atoms with Crippen LogP contribution in [0, 0.1) is 0 Å². The second-order valence-corrected chi connectivity index (χ2v) is 7.04. The number of para-hydroxylation sites is 2. The molecule has 2 aromatic carbocycles. The summed E-state index contributed by atoms with van der Waals surface area (Å²) in [6.07, 6.45) is 4.73. The summed E-state index contributed by atoms with van der Waals surface area (Å²) in [5.41, 5.74) is 4.11. The zero-order chi connectivity index (χ0) is 18.4. The lowest BCUT2D eigenvalue weighted by Crippen LogP contribution is -2.32. The van der Waals surface area contributed by atoms with E-state index in [9.17, 15) is 9.59 Å². The number of likely N-dealkylation sites (tertiary alicyclic amines) is 1. The lowest BCUT2D eigenvalue weighted by atomic mass is 9.97. The predicted octanol–water partition coefficient (Wildman–Crippen LogP) is 3.73. The second kappa shape index (κ2) is 6.13. The number of hydrogen-bond donors (Lipinski definition) is 2. The van der Waals surface area contributed by atoms with Crippen molar-refractivity contribution in [3.8, 4) is 0 Å². The van der Waals surface area contributed by atoms with Gasteiger partial charge < -0.3 is 9.97 Å². The first-order valence-electron chi connectivity index (χ1n) is 9.17. The van der Waals surface area contributed by atoms with Gasteiger partial charge in [0.05, 0.1) is 5.92 Å². The number of aromatic amines is 2. The molecular weight excluding hydrogens is 338 g/mol. The number of rotatable bonds is 4. The molecule has 0 bridgehead atoms. The molecule has 3 heterocycles. The average Bonchev–Trinajstić information content (AvgIpc) is 3.37. The number of carbonyl (C=O) groups is 2. The van der Waals surface area contributed by atoms with Gasteiger partial charge in [-0.25, -0.2) is 0 Å². The predicted molar refractivity (Wildman–Crippen MR) is 104 cm³/mol. The fourth-order valence-corrected chi connectivity index (χ4v) is 4.11. The van der Waals surface area contributed by atoms with Gasteiger partial charge in [-0.2, -0.15) is 0 Å². The van der Waals surface area contributed by atoms with E-state index in [0.717, 1.165) is 32.9 Å². The first-order chi connectivity index (χ1) is 13.2. The standard InChI is InChI=1S/C22H19N3O2/c26-21-11-17(18-13-24-20-8-4-2-6-16(18)20)22(27)25(21)10-9-14-12-23-19-7-3-1-5-15(14)19/h1-8,12-13,17,23-24H,9-11H2/t17-/m1/s1. The van der Waals surface area contributed by atoms with Crippen molar-refractivity contribution in [2.24, 2.45) is 0 Å². The summed E-state index contributed by atoms with van der Waals surface area (Å²) in [7, 11) is 0. The quantitative estimate of drug-likeness (QED) is 0.546. The summed E-state index contributed by atoms with van der Waals surface area (Å²) in [5.74, 6) is -0.573. The van der Waals surface area contributed by atoms with Crippen molar-refractivity contribution in [3.63, 3.8) is 0 Å². The molecule has 5 heteroatoms. The van der Waals surface area contributed by atoms with Crippen molar-refractivity contribution >= 4 is 33.6 Å². The smallest absolute Gasteiger partial charge is 0.237 e. The maximum Gasteiger partial charge on any atom is 0.237 e. The number of amides is 2. The maximum atomic E-state index is 13.0. The highest BCUT2D eigenvalue weighted by molar-refractivity contribution is 6.08. The number of benzene rings is 2. The SMILES string of the molecule is O=C1C[C@H](c2c[nH]c3ccccc23)C(=O)N1CCc1c[nH]c2ccccc12. The summed E-state index contributed by atoms with van der Waals surface area (Å²) < 4.78 is 0. The first kappa shape index (κ1) is 15.9. The Labute approximate surface area is 156 Å². The summed E-state index contributed by atoms with van der Waals surface area (Å²) in [6.45, 7) is 0.415. The third-order valence-electron chi connectivity index (χ3n) is 5.52. The van der Waals surface area contributed by atoms with E-state index in [4.69, 9.17) is 0 Å². The Balaban J connectivity index is 1.38. The summed E-state index contributed by atoms with van der Waals surface area (Å²) in [4.78, 5) is 33.4. The van der Waals surface area contributed by atoms with Crippen LogP contribution in [0.3, 0.4) is 0 Å². The monoisotopic (exact) mass is 357 g/mol. The van der Waals surface area contributed by atoms with E-state index >= 15 is 0 Å². The fourth-order valence-electron chi connectivity index (χ4n) is 4.11. The average molecular weight is 357 g/mol. The topological polar surface area (TPSA) is 69.0 Å². The zero-order valence-corrected chi connectivity index (χ0v) is 14.7. The van der Waals surface area contributed by atoms with Crippen LogP contribution in [0.2, 0.25) is 0 Å². The third-order valence-corrected chi connectivity index (χ3v) is 5.52. The number of H-pyrrole nitrogens is 2.